The van der Waals surface area contributed by atoms with E-state index in [1.807, 2.05) is 13.0 Å². The molecule has 0 bridgehead atoms. The van der Waals surface area contributed by atoms with Gasteiger partial charge in [-0.15, -0.1) is 0 Å². The smallest absolute Gasteiger partial charge is 0.342 e. The van der Waals surface area contributed by atoms with Crippen LogP contribution in [0.3, 0.4) is 0 Å². The van der Waals surface area contributed by atoms with Gasteiger partial charge in [-0.25, -0.2) is 4.79 Å². The van der Waals surface area contributed by atoms with E-state index in [1.54, 1.807) is 6.92 Å². The standard InChI is InChI=1S/C23H28O9/c1-13(9-11-17(24)25)8-10-15-21(30-4)14(2)16-12-31-23(28)20(16)22(15)32-19(27)7-5-6-18(26)29-3/h8H,5-7,9-12H2,1-4H3,(H,24,25)/b13-8+. The largest absolute Gasteiger partial charge is 0.496 e. The van der Waals surface area contributed by atoms with Crippen LogP contribution in [-0.2, 0) is 36.9 Å². The number of carboxylic acids is 1. The zero-order chi connectivity index (χ0) is 23.8. The number of rotatable bonds is 11. The SMILES string of the molecule is COC(=O)CCCC(=O)Oc1c(C/C=C(\C)CCC(=O)O)c(OC)c(C)c2c1C(=O)OC2. The van der Waals surface area contributed by atoms with Crippen molar-refractivity contribution in [2.75, 3.05) is 14.2 Å². The number of benzene rings is 1. The number of carboxylic acid groups (broad SMARTS) is 1. The predicted octanol–water partition coefficient (Wildman–Crippen LogP) is 3.28. The molecule has 2 rings (SSSR count). The van der Waals surface area contributed by atoms with Crippen molar-refractivity contribution >= 4 is 23.9 Å². The molecule has 1 aromatic rings. The first-order chi connectivity index (χ1) is 15.2. The minimum Gasteiger partial charge on any atom is -0.496 e. The molecule has 0 aliphatic carbocycles. The van der Waals surface area contributed by atoms with Crippen molar-refractivity contribution in [3.05, 3.63) is 33.9 Å². The minimum absolute atomic E-state index is 0.00293. The monoisotopic (exact) mass is 448 g/mol. The third-order valence-corrected chi connectivity index (χ3v) is 5.22. The highest BCUT2D eigenvalue weighted by Crippen LogP contribution is 2.43. The summed E-state index contributed by atoms with van der Waals surface area (Å²) >= 11 is 0. The molecular formula is C23H28O9. The third kappa shape index (κ3) is 6.09. The summed E-state index contributed by atoms with van der Waals surface area (Å²) in [5.74, 6) is -1.96. The molecular weight excluding hydrogens is 420 g/mol. The van der Waals surface area contributed by atoms with Crippen LogP contribution in [0.1, 0.15) is 66.1 Å². The molecule has 1 aliphatic heterocycles. The number of esters is 3. The Morgan fingerprint density at radius 1 is 1.06 bits per heavy atom. The van der Waals surface area contributed by atoms with Crippen LogP contribution in [0.2, 0.25) is 0 Å². The van der Waals surface area contributed by atoms with Crippen LogP contribution in [0.5, 0.6) is 11.5 Å². The summed E-state index contributed by atoms with van der Waals surface area (Å²) in [5.41, 5.74) is 2.84. The Morgan fingerprint density at radius 3 is 2.38 bits per heavy atom. The van der Waals surface area contributed by atoms with Crippen LogP contribution < -0.4 is 9.47 Å². The van der Waals surface area contributed by atoms with Crippen molar-refractivity contribution in [3.8, 4) is 11.5 Å². The molecule has 0 radical (unpaired) electrons. The highest BCUT2D eigenvalue weighted by molar-refractivity contribution is 5.99. The van der Waals surface area contributed by atoms with Crippen molar-refractivity contribution in [1.82, 2.24) is 0 Å². The second-order valence-corrected chi connectivity index (χ2v) is 7.45. The number of hydrogen-bond donors (Lipinski definition) is 1. The number of cyclic esters (lactones) is 1. The van der Waals surface area contributed by atoms with E-state index in [0.717, 1.165) is 5.57 Å². The lowest BCUT2D eigenvalue weighted by Crippen LogP contribution is -2.14. The molecule has 174 valence electrons. The van der Waals surface area contributed by atoms with E-state index in [-0.39, 0.29) is 50.0 Å². The van der Waals surface area contributed by atoms with Gasteiger partial charge < -0.3 is 24.1 Å². The van der Waals surface area contributed by atoms with Gasteiger partial charge in [0.05, 0.1) is 14.2 Å². The van der Waals surface area contributed by atoms with Gasteiger partial charge in [0.2, 0.25) is 0 Å². The molecule has 0 amide bonds. The zero-order valence-corrected chi connectivity index (χ0v) is 18.7. The van der Waals surface area contributed by atoms with Crippen molar-refractivity contribution in [1.29, 1.82) is 0 Å². The van der Waals surface area contributed by atoms with Gasteiger partial charge in [0.1, 0.15) is 17.9 Å². The Labute approximate surface area is 186 Å². The second-order valence-electron chi connectivity index (χ2n) is 7.45. The summed E-state index contributed by atoms with van der Waals surface area (Å²) in [6, 6.07) is 0. The molecule has 0 saturated carbocycles. The van der Waals surface area contributed by atoms with Gasteiger partial charge in [0, 0.05) is 30.4 Å². The predicted molar refractivity (Wildman–Crippen MR) is 113 cm³/mol. The molecule has 9 nitrogen and oxygen atoms in total. The maximum absolute atomic E-state index is 12.5. The average Bonchev–Trinajstić information content (AvgIpc) is 3.14. The molecule has 0 atom stereocenters. The molecule has 0 aromatic heterocycles. The quantitative estimate of drug-likeness (QED) is 0.308. The van der Waals surface area contributed by atoms with Gasteiger partial charge in [-0.1, -0.05) is 11.6 Å². The number of ether oxygens (including phenoxy) is 4. The molecule has 0 fully saturated rings. The molecule has 32 heavy (non-hydrogen) atoms. The van der Waals surface area contributed by atoms with Crippen LogP contribution in [-0.4, -0.2) is 43.2 Å². The Kier molecular flexibility index (Phi) is 8.80. The second kappa shape index (κ2) is 11.3. The fraction of sp³-hybridized carbons (Fsp3) is 0.478. The summed E-state index contributed by atoms with van der Waals surface area (Å²) in [6.07, 6.45) is 2.72. The lowest BCUT2D eigenvalue weighted by molar-refractivity contribution is -0.141. The molecule has 9 heteroatoms. The van der Waals surface area contributed by atoms with E-state index >= 15 is 0 Å². The van der Waals surface area contributed by atoms with Crippen molar-refractivity contribution in [3.63, 3.8) is 0 Å². The molecule has 1 N–H and O–H groups in total. The van der Waals surface area contributed by atoms with Crippen LogP contribution in [0.15, 0.2) is 11.6 Å². The van der Waals surface area contributed by atoms with Crippen molar-refractivity contribution in [2.45, 2.75) is 59.0 Å². The van der Waals surface area contributed by atoms with Gasteiger partial charge in [0.25, 0.3) is 0 Å². The maximum atomic E-state index is 12.5. The highest BCUT2D eigenvalue weighted by atomic mass is 16.6. The van der Waals surface area contributed by atoms with E-state index in [4.69, 9.17) is 19.3 Å². The summed E-state index contributed by atoms with van der Waals surface area (Å²) in [6.45, 7) is 3.66. The Hall–Kier alpha value is -3.36. The van der Waals surface area contributed by atoms with Crippen LogP contribution in [0, 0.1) is 6.92 Å². The van der Waals surface area contributed by atoms with E-state index < -0.39 is 23.9 Å². The summed E-state index contributed by atoms with van der Waals surface area (Å²) in [7, 11) is 2.76. The first kappa shape index (κ1) is 24.9. The lowest BCUT2D eigenvalue weighted by Gasteiger charge is -2.18. The minimum atomic E-state index is -0.895. The Morgan fingerprint density at radius 2 is 1.75 bits per heavy atom. The summed E-state index contributed by atoms with van der Waals surface area (Å²) in [4.78, 5) is 47.0. The van der Waals surface area contributed by atoms with Gasteiger partial charge in [-0.05, 0) is 38.7 Å². The van der Waals surface area contributed by atoms with E-state index in [2.05, 4.69) is 4.74 Å². The van der Waals surface area contributed by atoms with Gasteiger partial charge >= 0.3 is 23.9 Å². The first-order valence-electron chi connectivity index (χ1n) is 10.2. The zero-order valence-electron chi connectivity index (χ0n) is 18.7. The van der Waals surface area contributed by atoms with Crippen LogP contribution in [0.4, 0.5) is 0 Å². The van der Waals surface area contributed by atoms with Gasteiger partial charge in [-0.3, -0.25) is 14.4 Å². The summed E-state index contributed by atoms with van der Waals surface area (Å²) in [5, 5.41) is 8.88. The molecule has 0 spiro atoms. The number of aliphatic carboxylic acids is 1. The van der Waals surface area contributed by atoms with Crippen LogP contribution >= 0.6 is 0 Å². The molecule has 0 unspecified atom stereocenters. The highest BCUT2D eigenvalue weighted by Gasteiger charge is 2.34. The molecule has 1 aromatic carbocycles. The van der Waals surface area contributed by atoms with E-state index in [1.165, 1.54) is 14.2 Å². The first-order valence-corrected chi connectivity index (χ1v) is 10.2. The number of allylic oxidation sites excluding steroid dienone is 2. The fourth-order valence-electron chi connectivity index (χ4n) is 3.45. The lowest BCUT2D eigenvalue weighted by atomic mass is 9.94. The van der Waals surface area contributed by atoms with E-state index in [9.17, 15) is 19.2 Å². The van der Waals surface area contributed by atoms with Gasteiger partial charge in [-0.2, -0.15) is 0 Å². The number of carbonyl (C=O) groups is 4. The normalized spacial score (nSPS) is 12.8. The fourth-order valence-corrected chi connectivity index (χ4v) is 3.45. The Bertz CT molecular complexity index is 944. The topological polar surface area (TPSA) is 125 Å². The molecule has 1 aliphatic rings. The van der Waals surface area contributed by atoms with Gasteiger partial charge in [0.15, 0.2) is 5.75 Å². The number of hydrogen-bond acceptors (Lipinski definition) is 8. The Balaban J connectivity index is 2.39. The maximum Gasteiger partial charge on any atom is 0.342 e. The summed E-state index contributed by atoms with van der Waals surface area (Å²) < 4.78 is 20.9. The molecule has 1 heterocycles. The molecule has 0 saturated heterocycles. The average molecular weight is 448 g/mol. The van der Waals surface area contributed by atoms with Crippen molar-refractivity contribution in [2.24, 2.45) is 0 Å². The van der Waals surface area contributed by atoms with E-state index in [0.29, 0.717) is 28.9 Å². The number of fused-ring (bicyclic) bond motifs is 1. The number of methoxy groups -OCH3 is 2. The third-order valence-electron chi connectivity index (χ3n) is 5.22. The number of carbonyl (C=O) groups excluding carboxylic acids is 3. The van der Waals surface area contributed by atoms with Crippen molar-refractivity contribution < 1.29 is 43.2 Å². The van der Waals surface area contributed by atoms with Crippen LogP contribution in [0.25, 0.3) is 0 Å².